The van der Waals surface area contributed by atoms with E-state index in [9.17, 15) is 13.2 Å². The minimum absolute atomic E-state index is 0.0636. The summed E-state index contributed by atoms with van der Waals surface area (Å²) in [6, 6.07) is 9.70. The number of nitrogens with zero attached hydrogens (tertiary/aromatic N) is 3. The molecule has 2 aliphatic heterocycles. The molecule has 3 aromatic rings. The molecule has 0 atom stereocenters. The molecule has 0 unspecified atom stereocenters. The summed E-state index contributed by atoms with van der Waals surface area (Å²) < 4.78 is 30.8. The Morgan fingerprint density at radius 2 is 1.88 bits per heavy atom. The summed E-state index contributed by atoms with van der Waals surface area (Å²) in [7, 11) is -3.83. The summed E-state index contributed by atoms with van der Waals surface area (Å²) in [5, 5.41) is 11.9. The molecule has 0 aliphatic carbocycles. The highest BCUT2D eigenvalue weighted by Gasteiger charge is 2.22. The lowest BCUT2D eigenvalue weighted by Crippen LogP contribution is -2.20. The highest BCUT2D eigenvalue weighted by atomic mass is 35.5. The number of rotatable bonds is 4. The molecule has 2 aliphatic rings. The van der Waals surface area contributed by atoms with E-state index in [0.29, 0.717) is 40.6 Å². The van der Waals surface area contributed by atoms with Gasteiger partial charge in [-0.15, -0.1) is 10.2 Å². The summed E-state index contributed by atoms with van der Waals surface area (Å²) in [6.07, 6.45) is 4.98. The zero-order valence-corrected chi connectivity index (χ0v) is 18.8. The third-order valence-corrected chi connectivity index (χ3v) is 7.56. The molecule has 0 fully saturated rings. The number of carbonyl (C=O) groups excluding carboxylic acids is 1. The maximum atomic E-state index is 13.0. The second kappa shape index (κ2) is 8.22. The molecule has 1 aromatic heterocycles. The number of aromatic nitrogens is 3. The Bertz CT molecular complexity index is 1320. The number of benzene rings is 2. The van der Waals surface area contributed by atoms with Crippen molar-refractivity contribution < 1.29 is 13.2 Å². The molecule has 0 bridgehead atoms. The van der Waals surface area contributed by atoms with Gasteiger partial charge in [-0.3, -0.25) is 9.52 Å². The van der Waals surface area contributed by atoms with Gasteiger partial charge in [0, 0.05) is 36.3 Å². The normalized spacial score (nSPS) is 16.0. The molecule has 1 amide bonds. The highest BCUT2D eigenvalue weighted by molar-refractivity contribution is 7.92. The highest BCUT2D eigenvalue weighted by Crippen LogP contribution is 2.32. The van der Waals surface area contributed by atoms with Crippen molar-refractivity contribution in [2.24, 2.45) is 0 Å². The van der Waals surface area contributed by atoms with Gasteiger partial charge in [-0.2, -0.15) is 0 Å². The fraction of sp³-hybridized carbons (Fsp3) is 0.318. The van der Waals surface area contributed by atoms with Gasteiger partial charge in [0.05, 0.1) is 9.92 Å². The van der Waals surface area contributed by atoms with E-state index < -0.39 is 10.0 Å². The first kappa shape index (κ1) is 21.0. The van der Waals surface area contributed by atoms with Gasteiger partial charge in [0.2, 0.25) is 5.91 Å². The molecule has 166 valence electrons. The monoisotopic (exact) mass is 471 g/mol. The number of anilines is 2. The topological polar surface area (TPSA) is 106 Å². The fourth-order valence-electron chi connectivity index (χ4n) is 4.19. The Morgan fingerprint density at radius 3 is 2.75 bits per heavy atom. The molecule has 10 heteroatoms. The first-order valence-electron chi connectivity index (χ1n) is 10.6. The number of hydrogen-bond donors (Lipinski definition) is 2. The van der Waals surface area contributed by atoms with Crippen LogP contribution in [-0.2, 0) is 34.2 Å². The van der Waals surface area contributed by atoms with Gasteiger partial charge in [0.25, 0.3) is 10.0 Å². The molecular formula is C22H22ClN5O3S. The number of carbonyl (C=O) groups is 1. The van der Waals surface area contributed by atoms with Crippen LogP contribution in [0.5, 0.6) is 0 Å². The van der Waals surface area contributed by atoms with Crippen LogP contribution in [-0.4, -0.2) is 29.1 Å². The summed E-state index contributed by atoms with van der Waals surface area (Å²) in [5.74, 6) is 1.52. The van der Waals surface area contributed by atoms with Crippen LogP contribution in [0, 0.1) is 0 Å². The Hall–Kier alpha value is -2.91. The first-order chi connectivity index (χ1) is 15.4. The van der Waals surface area contributed by atoms with Crippen LogP contribution in [0.3, 0.4) is 0 Å². The molecular weight excluding hydrogens is 450 g/mol. The van der Waals surface area contributed by atoms with Crippen molar-refractivity contribution in [1.29, 1.82) is 0 Å². The van der Waals surface area contributed by atoms with Crippen LogP contribution in [0.4, 0.5) is 11.4 Å². The fourth-order valence-corrected chi connectivity index (χ4v) is 5.49. The van der Waals surface area contributed by atoms with Gasteiger partial charge in [-0.05, 0) is 61.2 Å². The van der Waals surface area contributed by atoms with Crippen molar-refractivity contribution in [1.82, 2.24) is 14.8 Å². The smallest absolute Gasteiger partial charge is 0.261 e. The van der Waals surface area contributed by atoms with Gasteiger partial charge in [-0.1, -0.05) is 18.0 Å². The Balaban J connectivity index is 1.46. The van der Waals surface area contributed by atoms with E-state index in [-0.39, 0.29) is 10.8 Å². The standard InChI is InChI=1S/C22H22ClN5O3S/c23-18-8-6-15(13-17(18)22-26-25-20-4-2-1-3-11-28(20)22)27-32(30,31)16-7-9-19-14(12-16)5-10-21(29)24-19/h6-9,12-13,27H,1-5,10-11H2,(H,24,29). The van der Waals surface area contributed by atoms with E-state index in [1.54, 1.807) is 30.3 Å². The second-order valence-electron chi connectivity index (χ2n) is 8.07. The molecule has 0 radical (unpaired) electrons. The number of aryl methyl sites for hydroxylation is 2. The van der Waals surface area contributed by atoms with E-state index in [1.807, 2.05) is 0 Å². The number of sulfonamides is 1. The molecule has 0 spiro atoms. The summed E-state index contributed by atoms with van der Waals surface area (Å²) in [6.45, 7) is 0.815. The van der Waals surface area contributed by atoms with Gasteiger partial charge >= 0.3 is 0 Å². The van der Waals surface area contributed by atoms with E-state index in [1.165, 1.54) is 6.07 Å². The number of halogens is 1. The van der Waals surface area contributed by atoms with E-state index in [2.05, 4.69) is 24.8 Å². The molecule has 0 saturated heterocycles. The molecule has 8 nitrogen and oxygen atoms in total. The average Bonchev–Trinajstić information content (AvgIpc) is 3.02. The molecule has 2 aromatic carbocycles. The average molecular weight is 472 g/mol. The predicted molar refractivity (Wildman–Crippen MR) is 122 cm³/mol. The quantitative estimate of drug-likeness (QED) is 0.598. The lowest BCUT2D eigenvalue weighted by molar-refractivity contribution is -0.116. The summed E-state index contributed by atoms with van der Waals surface area (Å²) in [4.78, 5) is 11.7. The lowest BCUT2D eigenvalue weighted by Gasteiger charge is -2.18. The number of nitrogens with one attached hydrogen (secondary N) is 2. The Labute approximate surface area is 191 Å². The third kappa shape index (κ3) is 3.98. The maximum Gasteiger partial charge on any atom is 0.261 e. The molecule has 5 rings (SSSR count). The predicted octanol–water partition coefficient (Wildman–Crippen LogP) is 4.01. The van der Waals surface area contributed by atoms with E-state index >= 15 is 0 Å². The van der Waals surface area contributed by atoms with Crippen LogP contribution in [0.15, 0.2) is 41.3 Å². The van der Waals surface area contributed by atoms with Crippen molar-refractivity contribution in [3.63, 3.8) is 0 Å². The third-order valence-electron chi connectivity index (χ3n) is 5.85. The van der Waals surface area contributed by atoms with Crippen molar-refractivity contribution in [3.05, 3.63) is 52.8 Å². The van der Waals surface area contributed by atoms with Crippen molar-refractivity contribution >= 4 is 38.9 Å². The summed E-state index contributed by atoms with van der Waals surface area (Å²) >= 11 is 6.46. The van der Waals surface area contributed by atoms with E-state index in [4.69, 9.17) is 11.6 Å². The van der Waals surface area contributed by atoms with Crippen LogP contribution in [0.1, 0.15) is 37.1 Å². The minimum atomic E-state index is -3.83. The van der Waals surface area contributed by atoms with Gasteiger partial charge in [0.15, 0.2) is 5.82 Å². The van der Waals surface area contributed by atoms with Crippen LogP contribution < -0.4 is 10.0 Å². The minimum Gasteiger partial charge on any atom is -0.326 e. The van der Waals surface area contributed by atoms with Gasteiger partial charge in [-0.25, -0.2) is 8.42 Å². The van der Waals surface area contributed by atoms with Crippen LogP contribution >= 0.6 is 11.6 Å². The van der Waals surface area contributed by atoms with Crippen molar-refractivity contribution in [3.8, 4) is 11.4 Å². The van der Waals surface area contributed by atoms with Crippen molar-refractivity contribution in [2.75, 3.05) is 10.0 Å². The van der Waals surface area contributed by atoms with Crippen molar-refractivity contribution in [2.45, 2.75) is 50.0 Å². The van der Waals surface area contributed by atoms with Crippen LogP contribution in [0.25, 0.3) is 11.4 Å². The zero-order chi connectivity index (χ0) is 22.3. The maximum absolute atomic E-state index is 13.0. The summed E-state index contributed by atoms with van der Waals surface area (Å²) in [5.41, 5.74) is 2.49. The second-order valence-corrected chi connectivity index (χ2v) is 10.2. The largest absolute Gasteiger partial charge is 0.326 e. The number of amides is 1. The first-order valence-corrected chi connectivity index (χ1v) is 12.4. The van der Waals surface area contributed by atoms with Gasteiger partial charge in [0.1, 0.15) is 5.82 Å². The van der Waals surface area contributed by atoms with E-state index in [0.717, 1.165) is 43.6 Å². The van der Waals surface area contributed by atoms with Crippen LogP contribution in [0.2, 0.25) is 5.02 Å². The Kier molecular flexibility index (Phi) is 5.38. The van der Waals surface area contributed by atoms with Gasteiger partial charge < -0.3 is 9.88 Å². The number of fused-ring (bicyclic) bond motifs is 2. The molecule has 0 saturated carbocycles. The molecule has 3 heterocycles. The number of hydrogen-bond acceptors (Lipinski definition) is 5. The zero-order valence-electron chi connectivity index (χ0n) is 17.3. The lowest BCUT2D eigenvalue weighted by atomic mass is 10.0. The Morgan fingerprint density at radius 1 is 1.00 bits per heavy atom. The SMILES string of the molecule is O=C1CCc2cc(S(=O)(=O)Nc3ccc(Cl)c(-c4nnc5n4CCCCC5)c3)ccc2N1. The molecule has 2 N–H and O–H groups in total. The molecule has 32 heavy (non-hydrogen) atoms.